The van der Waals surface area contributed by atoms with Gasteiger partial charge >= 0.3 is 12.1 Å². The van der Waals surface area contributed by atoms with Gasteiger partial charge in [-0.2, -0.15) is 22.0 Å². The van der Waals surface area contributed by atoms with E-state index in [0.717, 1.165) is 27.8 Å². The number of alkyl halides is 5. The van der Waals surface area contributed by atoms with Gasteiger partial charge in [-0.05, 0) is 90.8 Å². The predicted octanol–water partition coefficient (Wildman–Crippen LogP) is 7.23. The zero-order valence-corrected chi connectivity index (χ0v) is 24.3. The minimum Gasteiger partial charge on any atom is -0.383 e. The molecular formula is C34H35F5N2O3. The van der Waals surface area contributed by atoms with Crippen LogP contribution in [0.1, 0.15) is 79.3 Å². The van der Waals surface area contributed by atoms with Crippen molar-refractivity contribution >= 4 is 17.4 Å². The number of hydrogen-bond donors (Lipinski definition) is 3. The minimum atomic E-state index is -5.89. The molecule has 0 aromatic heterocycles. The number of aliphatic hydroxyl groups is 1. The van der Waals surface area contributed by atoms with Gasteiger partial charge in [-0.1, -0.05) is 48.9 Å². The average molecular weight is 615 g/mol. The summed E-state index contributed by atoms with van der Waals surface area (Å²) < 4.78 is 71.7. The average Bonchev–Trinajstić information content (AvgIpc) is 3.26. The first-order valence-electron chi connectivity index (χ1n) is 15.0. The highest BCUT2D eigenvalue weighted by Crippen LogP contribution is 2.70. The first-order chi connectivity index (χ1) is 20.7. The third-order valence-electron chi connectivity index (χ3n) is 10.8. The summed E-state index contributed by atoms with van der Waals surface area (Å²) >= 11 is 0. The number of nitrogens with two attached hydrogens (primary N) is 1. The molecule has 0 radical (unpaired) electrons. The Morgan fingerprint density at radius 1 is 1.02 bits per heavy atom. The second-order valence-corrected chi connectivity index (χ2v) is 13.0. The molecule has 2 fully saturated rings. The fraction of sp³-hybridized carbons (Fsp3) is 0.471. The topological polar surface area (TPSA) is 92.4 Å². The molecule has 10 heteroatoms. The van der Waals surface area contributed by atoms with E-state index in [1.807, 2.05) is 24.3 Å². The Labute approximate surface area is 252 Å². The smallest absolute Gasteiger partial charge is 0.383 e. The van der Waals surface area contributed by atoms with Crippen LogP contribution in [0.3, 0.4) is 0 Å². The van der Waals surface area contributed by atoms with Crippen LogP contribution in [-0.2, 0) is 11.3 Å². The summed E-state index contributed by atoms with van der Waals surface area (Å²) in [7, 11) is 0. The molecule has 0 heterocycles. The lowest BCUT2D eigenvalue weighted by molar-refractivity contribution is -0.362. The second kappa shape index (κ2) is 10.5. The van der Waals surface area contributed by atoms with Gasteiger partial charge in [0, 0.05) is 30.0 Å². The largest absolute Gasteiger partial charge is 0.456 e. The highest BCUT2D eigenvalue weighted by Gasteiger charge is 2.79. The number of allylic oxidation sites excluding steroid dienone is 4. The van der Waals surface area contributed by atoms with Crippen LogP contribution in [0.4, 0.5) is 27.6 Å². The molecule has 0 saturated heterocycles. The van der Waals surface area contributed by atoms with Gasteiger partial charge in [0.25, 0.3) is 5.91 Å². The molecule has 5 atom stereocenters. The number of hydrogen-bond acceptors (Lipinski definition) is 4. The molecule has 4 aliphatic rings. The molecule has 2 aromatic carbocycles. The number of carbonyl (C=O) groups is 2. The van der Waals surface area contributed by atoms with E-state index in [4.69, 9.17) is 5.73 Å². The third kappa shape index (κ3) is 4.59. The standard InChI is InChI=1S/C34H35F5N2O3/c1-31-17-26(20-8-6-19(7-9-20)18-41-28-5-3-2-4-25(28)30(40)43)29-23-13-11-22(42)16-21(23)10-12-24(29)27(31)14-15-32(31,44)33(35,36)34(37,38)39/h2-9,16,24,26-27,41,44H,10-15,17-18H2,1H3,(H2,40,43)/t24-,26+,27-,31-,32-/m0/s1. The molecule has 0 unspecified atom stereocenters. The van der Waals surface area contributed by atoms with Gasteiger partial charge in [-0.25, -0.2) is 0 Å². The zero-order chi connectivity index (χ0) is 31.7. The number of para-hydroxylation sites is 1. The molecule has 0 aliphatic heterocycles. The van der Waals surface area contributed by atoms with E-state index >= 15 is 8.78 Å². The van der Waals surface area contributed by atoms with Gasteiger partial charge in [0.05, 0.1) is 5.56 Å². The molecule has 2 saturated carbocycles. The maximum absolute atomic E-state index is 15.2. The van der Waals surface area contributed by atoms with Crippen molar-refractivity contribution in [1.82, 2.24) is 0 Å². The first kappa shape index (κ1) is 30.5. The Morgan fingerprint density at radius 2 is 1.73 bits per heavy atom. The van der Waals surface area contributed by atoms with E-state index in [9.17, 15) is 27.9 Å². The van der Waals surface area contributed by atoms with Crippen LogP contribution in [-0.4, -0.2) is 34.5 Å². The predicted molar refractivity (Wildman–Crippen MR) is 155 cm³/mol. The van der Waals surface area contributed by atoms with Crippen molar-refractivity contribution in [1.29, 1.82) is 0 Å². The first-order valence-corrected chi connectivity index (χ1v) is 15.0. The number of ketones is 1. The van der Waals surface area contributed by atoms with E-state index < -0.39 is 47.3 Å². The Morgan fingerprint density at radius 3 is 2.41 bits per heavy atom. The summed E-state index contributed by atoms with van der Waals surface area (Å²) in [5, 5.41) is 14.6. The van der Waals surface area contributed by atoms with E-state index in [0.29, 0.717) is 43.5 Å². The molecule has 4 aliphatic carbocycles. The molecule has 6 rings (SSSR count). The van der Waals surface area contributed by atoms with Gasteiger partial charge < -0.3 is 16.2 Å². The SMILES string of the molecule is C[C@]12C[C@H](c3ccc(CNc4ccccc4C(N)=O)cc3)C3=C4CCC(=O)C=C4CC[C@H]3[C@@H]1CC[C@@]2(O)C(F)(F)C(F)(F)F. The van der Waals surface area contributed by atoms with E-state index in [1.165, 1.54) is 6.92 Å². The van der Waals surface area contributed by atoms with Crippen molar-refractivity contribution in [2.75, 3.05) is 5.32 Å². The summed E-state index contributed by atoms with van der Waals surface area (Å²) in [6.45, 7) is 1.78. The second-order valence-electron chi connectivity index (χ2n) is 13.0. The molecular weight excluding hydrogens is 579 g/mol. The number of amides is 1. The number of benzene rings is 2. The van der Waals surface area contributed by atoms with Gasteiger partial charge in [0.1, 0.15) is 5.60 Å². The quantitative estimate of drug-likeness (QED) is 0.300. The van der Waals surface area contributed by atoms with Crippen LogP contribution in [0.5, 0.6) is 0 Å². The molecule has 1 amide bonds. The Kier molecular flexibility index (Phi) is 7.30. The van der Waals surface area contributed by atoms with Crippen molar-refractivity contribution in [3.63, 3.8) is 0 Å². The summed E-state index contributed by atoms with van der Waals surface area (Å²) in [5.41, 5.74) is 6.07. The molecule has 5 nitrogen and oxygen atoms in total. The van der Waals surface area contributed by atoms with Gasteiger partial charge in [0.2, 0.25) is 0 Å². The van der Waals surface area contributed by atoms with Crippen molar-refractivity contribution in [3.05, 3.63) is 88.0 Å². The molecule has 2 aromatic rings. The molecule has 234 valence electrons. The van der Waals surface area contributed by atoms with Crippen LogP contribution in [0.25, 0.3) is 0 Å². The number of nitrogens with one attached hydrogen (secondary N) is 1. The molecule has 0 spiro atoms. The van der Waals surface area contributed by atoms with Crippen LogP contribution in [0.2, 0.25) is 0 Å². The van der Waals surface area contributed by atoms with Crippen LogP contribution in [0.15, 0.2) is 71.3 Å². The number of anilines is 1. The van der Waals surface area contributed by atoms with Crippen molar-refractivity contribution in [2.45, 2.75) is 82.0 Å². The van der Waals surface area contributed by atoms with Gasteiger partial charge in [-0.15, -0.1) is 0 Å². The monoisotopic (exact) mass is 614 g/mol. The summed E-state index contributed by atoms with van der Waals surface area (Å²) in [5.74, 6) is -7.12. The summed E-state index contributed by atoms with van der Waals surface area (Å²) in [4.78, 5) is 24.0. The summed E-state index contributed by atoms with van der Waals surface area (Å²) in [6.07, 6.45) is -2.93. The third-order valence-corrected chi connectivity index (χ3v) is 10.8. The Hall–Kier alpha value is -3.53. The lowest BCUT2D eigenvalue weighted by Gasteiger charge is -2.56. The van der Waals surface area contributed by atoms with Gasteiger partial charge in [0.15, 0.2) is 5.78 Å². The van der Waals surface area contributed by atoms with E-state index in [2.05, 4.69) is 5.32 Å². The van der Waals surface area contributed by atoms with Gasteiger partial charge in [-0.3, -0.25) is 9.59 Å². The van der Waals surface area contributed by atoms with E-state index in [1.54, 1.807) is 30.3 Å². The maximum Gasteiger partial charge on any atom is 0.456 e. The fourth-order valence-corrected chi connectivity index (χ4v) is 8.63. The van der Waals surface area contributed by atoms with Crippen molar-refractivity contribution < 1.29 is 36.6 Å². The Balaban J connectivity index is 1.38. The van der Waals surface area contributed by atoms with Crippen molar-refractivity contribution in [3.8, 4) is 0 Å². The number of fused-ring (bicyclic) bond motifs is 4. The lowest BCUT2D eigenvalue weighted by Crippen LogP contribution is -2.65. The molecule has 4 N–H and O–H groups in total. The highest BCUT2D eigenvalue weighted by atomic mass is 19.4. The molecule has 44 heavy (non-hydrogen) atoms. The van der Waals surface area contributed by atoms with Crippen molar-refractivity contribution in [2.24, 2.45) is 23.0 Å². The molecule has 0 bridgehead atoms. The fourth-order valence-electron chi connectivity index (χ4n) is 8.63. The lowest BCUT2D eigenvalue weighted by atomic mass is 9.50. The van der Waals surface area contributed by atoms with Crippen LogP contribution < -0.4 is 11.1 Å². The number of rotatable bonds is 6. The Bertz CT molecular complexity index is 1560. The summed E-state index contributed by atoms with van der Waals surface area (Å²) in [6, 6.07) is 14.3. The number of primary amides is 1. The maximum atomic E-state index is 15.2. The highest BCUT2D eigenvalue weighted by molar-refractivity contribution is 5.98. The van der Waals surface area contributed by atoms with Crippen LogP contribution >= 0.6 is 0 Å². The zero-order valence-electron chi connectivity index (χ0n) is 24.3. The normalized spacial score (nSPS) is 30.3. The van der Waals surface area contributed by atoms with E-state index in [-0.39, 0.29) is 24.5 Å². The minimum absolute atomic E-state index is 0.0369. The number of carbonyl (C=O) groups excluding carboxylic acids is 2. The number of halogens is 5. The van der Waals surface area contributed by atoms with Crippen LogP contribution in [0, 0.1) is 17.3 Å².